The standard InChI is InChI=1S/C16H22BrNO2/c1-11(2)12-4-3-9-16(10-12,15(19)20)18-14-7-5-13(17)6-8-14/h5-8,11-12,18H,3-4,9-10H2,1-2H3,(H,19,20). The number of carboxylic acid groups (broad SMARTS) is 1. The molecule has 0 spiro atoms. The van der Waals surface area contributed by atoms with Gasteiger partial charge in [0.05, 0.1) is 0 Å². The van der Waals surface area contributed by atoms with Crippen molar-refractivity contribution < 1.29 is 9.90 Å². The number of hydrogen-bond acceptors (Lipinski definition) is 2. The number of hydrogen-bond donors (Lipinski definition) is 2. The van der Waals surface area contributed by atoms with Gasteiger partial charge in [0.25, 0.3) is 0 Å². The van der Waals surface area contributed by atoms with Gasteiger partial charge in [-0.2, -0.15) is 0 Å². The Labute approximate surface area is 128 Å². The fourth-order valence-corrected chi connectivity index (χ4v) is 3.32. The predicted molar refractivity (Wildman–Crippen MR) is 84.9 cm³/mol. The molecular formula is C16H22BrNO2. The van der Waals surface area contributed by atoms with Crippen molar-refractivity contribution in [1.29, 1.82) is 0 Å². The van der Waals surface area contributed by atoms with Crippen LogP contribution in [0.2, 0.25) is 0 Å². The Morgan fingerprint density at radius 3 is 2.60 bits per heavy atom. The Kier molecular flexibility index (Phi) is 4.74. The van der Waals surface area contributed by atoms with Gasteiger partial charge in [-0.15, -0.1) is 0 Å². The quantitative estimate of drug-likeness (QED) is 0.847. The minimum Gasteiger partial charge on any atom is -0.480 e. The number of carbonyl (C=O) groups is 1. The van der Waals surface area contributed by atoms with Crippen LogP contribution in [-0.2, 0) is 4.79 Å². The maximum atomic E-state index is 11.8. The van der Waals surface area contributed by atoms with Crippen LogP contribution in [0.25, 0.3) is 0 Å². The van der Waals surface area contributed by atoms with Crippen LogP contribution in [0, 0.1) is 11.8 Å². The van der Waals surface area contributed by atoms with Crippen LogP contribution >= 0.6 is 15.9 Å². The summed E-state index contributed by atoms with van der Waals surface area (Å²) in [5.74, 6) is 0.273. The minimum absolute atomic E-state index is 0.475. The van der Waals surface area contributed by atoms with E-state index in [9.17, 15) is 9.90 Å². The summed E-state index contributed by atoms with van der Waals surface area (Å²) in [4.78, 5) is 11.8. The summed E-state index contributed by atoms with van der Waals surface area (Å²) in [5, 5.41) is 13.0. The SMILES string of the molecule is CC(C)C1CCCC(Nc2ccc(Br)cc2)(C(=O)O)C1. The van der Waals surface area contributed by atoms with Crippen LogP contribution in [0.5, 0.6) is 0 Å². The number of rotatable bonds is 4. The Bertz CT molecular complexity index is 472. The number of nitrogens with one attached hydrogen (secondary N) is 1. The van der Waals surface area contributed by atoms with Gasteiger partial charge in [0.15, 0.2) is 0 Å². The van der Waals surface area contributed by atoms with Crippen molar-refractivity contribution >= 4 is 27.6 Å². The van der Waals surface area contributed by atoms with Crippen LogP contribution < -0.4 is 5.32 Å². The van der Waals surface area contributed by atoms with E-state index in [0.717, 1.165) is 23.0 Å². The molecule has 0 radical (unpaired) electrons. The van der Waals surface area contributed by atoms with E-state index in [4.69, 9.17) is 0 Å². The van der Waals surface area contributed by atoms with Crippen molar-refractivity contribution in [3.63, 3.8) is 0 Å². The maximum Gasteiger partial charge on any atom is 0.329 e. The third-order valence-electron chi connectivity index (χ3n) is 4.37. The highest BCUT2D eigenvalue weighted by Gasteiger charge is 2.43. The van der Waals surface area contributed by atoms with Crippen LogP contribution in [0.4, 0.5) is 5.69 Å². The molecular weight excluding hydrogens is 318 g/mol. The second-order valence-corrected chi connectivity index (χ2v) is 7.04. The van der Waals surface area contributed by atoms with E-state index in [2.05, 4.69) is 35.1 Å². The first kappa shape index (κ1) is 15.4. The number of halogens is 1. The first-order chi connectivity index (χ1) is 9.43. The fourth-order valence-electron chi connectivity index (χ4n) is 3.06. The van der Waals surface area contributed by atoms with Crippen molar-refractivity contribution in [2.45, 2.75) is 45.1 Å². The first-order valence-electron chi connectivity index (χ1n) is 7.20. The van der Waals surface area contributed by atoms with Crippen molar-refractivity contribution in [3.05, 3.63) is 28.7 Å². The number of aliphatic carboxylic acids is 1. The van der Waals surface area contributed by atoms with Crippen molar-refractivity contribution in [1.82, 2.24) is 0 Å². The molecule has 0 aliphatic heterocycles. The van der Waals surface area contributed by atoms with Crippen LogP contribution in [0.1, 0.15) is 39.5 Å². The molecule has 0 heterocycles. The zero-order valence-electron chi connectivity index (χ0n) is 12.0. The predicted octanol–water partition coefficient (Wildman–Crippen LogP) is 4.53. The molecule has 0 saturated heterocycles. The van der Waals surface area contributed by atoms with Crippen LogP contribution in [0.15, 0.2) is 28.7 Å². The molecule has 1 aliphatic rings. The Balaban J connectivity index is 2.21. The van der Waals surface area contributed by atoms with Crippen LogP contribution in [-0.4, -0.2) is 16.6 Å². The van der Waals surface area contributed by atoms with E-state index in [0.29, 0.717) is 24.7 Å². The molecule has 3 nitrogen and oxygen atoms in total. The highest BCUT2D eigenvalue weighted by atomic mass is 79.9. The zero-order valence-corrected chi connectivity index (χ0v) is 13.6. The van der Waals surface area contributed by atoms with Crippen molar-refractivity contribution in [2.75, 3.05) is 5.32 Å². The molecule has 2 atom stereocenters. The summed E-state index contributed by atoms with van der Waals surface area (Å²) in [5.41, 5.74) is 0.0566. The second-order valence-electron chi connectivity index (χ2n) is 6.12. The van der Waals surface area contributed by atoms with Crippen molar-refractivity contribution in [3.8, 4) is 0 Å². The number of carboxylic acids is 1. The largest absolute Gasteiger partial charge is 0.480 e. The number of anilines is 1. The third kappa shape index (κ3) is 3.35. The van der Waals surface area contributed by atoms with E-state index in [1.54, 1.807) is 0 Å². The smallest absolute Gasteiger partial charge is 0.329 e. The summed E-state index contributed by atoms with van der Waals surface area (Å²) in [6, 6.07) is 7.71. The van der Waals surface area contributed by atoms with Gasteiger partial charge in [-0.1, -0.05) is 36.2 Å². The molecule has 1 aliphatic carbocycles. The zero-order chi connectivity index (χ0) is 14.8. The lowest BCUT2D eigenvalue weighted by atomic mass is 9.71. The van der Waals surface area contributed by atoms with Crippen molar-refractivity contribution in [2.24, 2.45) is 11.8 Å². The van der Waals surface area contributed by atoms with E-state index in [-0.39, 0.29) is 0 Å². The molecule has 2 unspecified atom stereocenters. The first-order valence-corrected chi connectivity index (χ1v) is 7.99. The van der Waals surface area contributed by atoms with Gasteiger partial charge in [-0.3, -0.25) is 0 Å². The summed E-state index contributed by atoms with van der Waals surface area (Å²) in [6.45, 7) is 4.37. The summed E-state index contributed by atoms with van der Waals surface area (Å²) < 4.78 is 0.996. The summed E-state index contributed by atoms with van der Waals surface area (Å²) in [6.07, 6.45) is 3.51. The monoisotopic (exact) mass is 339 g/mol. The van der Waals surface area contributed by atoms with Gasteiger partial charge >= 0.3 is 5.97 Å². The molecule has 1 fully saturated rings. The average Bonchev–Trinajstić information content (AvgIpc) is 2.41. The molecule has 0 bridgehead atoms. The van der Waals surface area contributed by atoms with Gasteiger partial charge in [0.2, 0.25) is 0 Å². The van der Waals surface area contributed by atoms with E-state index in [1.165, 1.54) is 0 Å². The van der Waals surface area contributed by atoms with Gasteiger partial charge in [0, 0.05) is 10.2 Å². The van der Waals surface area contributed by atoms with Gasteiger partial charge in [0.1, 0.15) is 5.54 Å². The van der Waals surface area contributed by atoms with Gasteiger partial charge in [-0.25, -0.2) is 4.79 Å². The van der Waals surface area contributed by atoms with E-state index < -0.39 is 11.5 Å². The lowest BCUT2D eigenvalue weighted by molar-refractivity contribution is -0.144. The molecule has 20 heavy (non-hydrogen) atoms. The van der Waals surface area contributed by atoms with E-state index >= 15 is 0 Å². The van der Waals surface area contributed by atoms with Gasteiger partial charge in [-0.05, 0) is 55.4 Å². The third-order valence-corrected chi connectivity index (χ3v) is 4.90. The number of benzene rings is 1. The van der Waals surface area contributed by atoms with Gasteiger partial charge < -0.3 is 10.4 Å². The van der Waals surface area contributed by atoms with Crippen LogP contribution in [0.3, 0.4) is 0 Å². The normalized spacial score (nSPS) is 26.5. The lowest BCUT2D eigenvalue weighted by Gasteiger charge is -2.40. The topological polar surface area (TPSA) is 49.3 Å². The lowest BCUT2D eigenvalue weighted by Crippen LogP contribution is -2.50. The molecule has 110 valence electrons. The minimum atomic E-state index is -0.818. The molecule has 1 aromatic carbocycles. The molecule has 2 rings (SSSR count). The summed E-state index contributed by atoms with van der Waals surface area (Å²) >= 11 is 3.40. The average molecular weight is 340 g/mol. The molecule has 1 saturated carbocycles. The highest BCUT2D eigenvalue weighted by Crippen LogP contribution is 2.38. The molecule has 0 aromatic heterocycles. The summed E-state index contributed by atoms with van der Waals surface area (Å²) in [7, 11) is 0. The Morgan fingerprint density at radius 1 is 1.40 bits per heavy atom. The molecule has 2 N–H and O–H groups in total. The van der Waals surface area contributed by atoms with E-state index in [1.807, 2.05) is 24.3 Å². The second kappa shape index (κ2) is 6.17. The fraction of sp³-hybridized carbons (Fsp3) is 0.562. The maximum absolute atomic E-state index is 11.8. The molecule has 0 amide bonds. The highest BCUT2D eigenvalue weighted by molar-refractivity contribution is 9.10. The molecule has 1 aromatic rings. The Hall–Kier alpha value is -1.03. The molecule has 4 heteroatoms. The Morgan fingerprint density at radius 2 is 2.05 bits per heavy atom.